The minimum atomic E-state index is -0.505. The Morgan fingerprint density at radius 2 is 1.79 bits per heavy atom. The van der Waals surface area contributed by atoms with E-state index in [2.05, 4.69) is 15.3 Å². The molecule has 142 valence electrons. The SMILES string of the molecule is Cn1c(=O)[nH]c(=O)c2c1nc(NCc1ccccc1)n2Cc1ccccc1Cl. The Hall–Kier alpha value is -3.32. The first-order valence-corrected chi connectivity index (χ1v) is 9.13. The highest BCUT2D eigenvalue weighted by Crippen LogP contribution is 2.22. The normalized spacial score (nSPS) is 11.1. The third-order valence-electron chi connectivity index (χ3n) is 4.59. The standard InChI is InChI=1S/C20H18ClN5O2/c1-25-17-16(18(27)24-20(25)28)26(12-14-9-5-6-10-15(14)21)19(23-17)22-11-13-7-3-2-4-8-13/h2-10H,11-12H2,1H3,(H,22,23)(H,24,27,28). The molecular formula is C20H18ClN5O2. The van der Waals surface area contributed by atoms with Crippen LogP contribution >= 0.6 is 11.6 Å². The molecule has 0 spiro atoms. The number of nitrogens with one attached hydrogen (secondary N) is 2. The third kappa shape index (κ3) is 3.32. The number of hydrogen-bond donors (Lipinski definition) is 2. The van der Waals surface area contributed by atoms with Crippen molar-refractivity contribution in [3.8, 4) is 0 Å². The summed E-state index contributed by atoms with van der Waals surface area (Å²) in [5.41, 5.74) is 1.56. The van der Waals surface area contributed by atoms with E-state index in [9.17, 15) is 9.59 Å². The van der Waals surface area contributed by atoms with Crippen molar-refractivity contribution in [2.75, 3.05) is 5.32 Å². The zero-order chi connectivity index (χ0) is 19.7. The van der Waals surface area contributed by atoms with Crippen molar-refractivity contribution in [1.29, 1.82) is 0 Å². The number of halogens is 1. The summed E-state index contributed by atoms with van der Waals surface area (Å²) < 4.78 is 3.07. The molecule has 0 atom stereocenters. The number of nitrogens with zero attached hydrogens (tertiary/aromatic N) is 3. The molecule has 0 saturated carbocycles. The Morgan fingerprint density at radius 3 is 2.54 bits per heavy atom. The lowest BCUT2D eigenvalue weighted by molar-refractivity contribution is 0.806. The third-order valence-corrected chi connectivity index (χ3v) is 4.96. The van der Waals surface area contributed by atoms with E-state index in [0.717, 1.165) is 11.1 Å². The monoisotopic (exact) mass is 395 g/mol. The number of rotatable bonds is 5. The largest absolute Gasteiger partial charge is 0.351 e. The van der Waals surface area contributed by atoms with Crippen LogP contribution in [0, 0.1) is 0 Å². The minimum absolute atomic E-state index is 0.316. The number of aromatic nitrogens is 4. The number of fused-ring (bicyclic) bond motifs is 1. The van der Waals surface area contributed by atoms with Crippen LogP contribution in [0.15, 0.2) is 64.2 Å². The molecule has 2 aromatic carbocycles. The van der Waals surface area contributed by atoms with Crippen molar-refractivity contribution < 1.29 is 0 Å². The molecule has 0 fully saturated rings. The molecule has 0 aliphatic carbocycles. The molecule has 4 aromatic rings. The first-order valence-electron chi connectivity index (χ1n) is 8.75. The van der Waals surface area contributed by atoms with Crippen LogP contribution < -0.4 is 16.6 Å². The summed E-state index contributed by atoms with van der Waals surface area (Å²) in [7, 11) is 1.58. The van der Waals surface area contributed by atoms with Gasteiger partial charge in [0.1, 0.15) is 0 Å². The molecule has 0 saturated heterocycles. The molecule has 0 amide bonds. The van der Waals surface area contributed by atoms with Crippen LogP contribution in [-0.2, 0) is 20.1 Å². The van der Waals surface area contributed by atoms with Gasteiger partial charge in [0.15, 0.2) is 11.2 Å². The molecule has 2 aromatic heterocycles. The lowest BCUT2D eigenvalue weighted by Gasteiger charge is -2.11. The topological polar surface area (TPSA) is 84.7 Å². The lowest BCUT2D eigenvalue weighted by atomic mass is 10.2. The average Bonchev–Trinajstić information content (AvgIpc) is 3.06. The van der Waals surface area contributed by atoms with Gasteiger partial charge < -0.3 is 5.32 Å². The average molecular weight is 396 g/mol. The quantitative estimate of drug-likeness (QED) is 0.544. The molecule has 4 rings (SSSR count). The van der Waals surface area contributed by atoms with E-state index < -0.39 is 11.2 Å². The van der Waals surface area contributed by atoms with Gasteiger partial charge in [-0.1, -0.05) is 60.1 Å². The molecule has 2 N–H and O–H groups in total. The Balaban J connectivity index is 1.84. The Bertz CT molecular complexity index is 1260. The van der Waals surface area contributed by atoms with Crippen LogP contribution in [0.5, 0.6) is 0 Å². The van der Waals surface area contributed by atoms with Gasteiger partial charge in [0.2, 0.25) is 5.95 Å². The molecule has 0 aliphatic rings. The van der Waals surface area contributed by atoms with E-state index in [-0.39, 0.29) is 0 Å². The van der Waals surface area contributed by atoms with Gasteiger partial charge in [-0.15, -0.1) is 0 Å². The Kier molecular flexibility index (Phi) is 4.75. The molecule has 8 heteroatoms. The van der Waals surface area contributed by atoms with Gasteiger partial charge in [0, 0.05) is 18.6 Å². The zero-order valence-corrected chi connectivity index (χ0v) is 15.9. The van der Waals surface area contributed by atoms with Crippen LogP contribution in [-0.4, -0.2) is 19.1 Å². The summed E-state index contributed by atoms with van der Waals surface area (Å²) in [4.78, 5) is 31.4. The molecule has 0 aliphatic heterocycles. The zero-order valence-electron chi connectivity index (χ0n) is 15.1. The molecule has 0 radical (unpaired) electrons. The Labute approximate surface area is 165 Å². The second-order valence-electron chi connectivity index (χ2n) is 6.44. The summed E-state index contributed by atoms with van der Waals surface area (Å²) in [5, 5.41) is 3.87. The molecule has 0 unspecified atom stereocenters. The first-order chi connectivity index (χ1) is 13.5. The van der Waals surface area contributed by atoms with Crippen molar-refractivity contribution >= 4 is 28.7 Å². The molecular weight excluding hydrogens is 378 g/mol. The second kappa shape index (κ2) is 7.36. The minimum Gasteiger partial charge on any atom is -0.351 e. The summed E-state index contributed by atoms with van der Waals surface area (Å²) in [6.45, 7) is 0.868. The van der Waals surface area contributed by atoms with Crippen LogP contribution in [0.4, 0.5) is 5.95 Å². The van der Waals surface area contributed by atoms with Gasteiger partial charge in [-0.3, -0.25) is 18.9 Å². The maximum absolute atomic E-state index is 12.5. The highest BCUT2D eigenvalue weighted by atomic mass is 35.5. The molecule has 0 bridgehead atoms. The lowest BCUT2D eigenvalue weighted by Crippen LogP contribution is -2.29. The highest BCUT2D eigenvalue weighted by Gasteiger charge is 2.18. The highest BCUT2D eigenvalue weighted by molar-refractivity contribution is 6.31. The maximum Gasteiger partial charge on any atom is 0.329 e. The van der Waals surface area contributed by atoms with E-state index in [4.69, 9.17) is 11.6 Å². The predicted octanol–water partition coefficient (Wildman–Crippen LogP) is 2.74. The summed E-state index contributed by atoms with van der Waals surface area (Å²) >= 11 is 6.32. The van der Waals surface area contributed by atoms with E-state index in [0.29, 0.717) is 35.2 Å². The van der Waals surface area contributed by atoms with Crippen LogP contribution in [0.2, 0.25) is 5.02 Å². The number of anilines is 1. The van der Waals surface area contributed by atoms with E-state index >= 15 is 0 Å². The van der Waals surface area contributed by atoms with E-state index in [1.54, 1.807) is 17.7 Å². The number of imidazole rings is 1. The van der Waals surface area contributed by atoms with Gasteiger partial charge in [0.05, 0.1) is 6.54 Å². The fourth-order valence-corrected chi connectivity index (χ4v) is 3.29. The summed E-state index contributed by atoms with van der Waals surface area (Å²) in [5.74, 6) is 0.491. The Morgan fingerprint density at radius 1 is 1.07 bits per heavy atom. The number of H-pyrrole nitrogens is 1. The van der Waals surface area contributed by atoms with Gasteiger partial charge in [-0.25, -0.2) is 4.79 Å². The van der Waals surface area contributed by atoms with Gasteiger partial charge >= 0.3 is 5.69 Å². The number of aryl methyl sites for hydroxylation is 1. The number of benzene rings is 2. The van der Waals surface area contributed by atoms with Gasteiger partial charge in [-0.05, 0) is 17.2 Å². The van der Waals surface area contributed by atoms with Crippen molar-refractivity contribution in [1.82, 2.24) is 19.1 Å². The fraction of sp³-hybridized carbons (Fsp3) is 0.150. The summed E-state index contributed by atoms with van der Waals surface area (Å²) in [6, 6.07) is 17.3. The molecule has 7 nitrogen and oxygen atoms in total. The van der Waals surface area contributed by atoms with Crippen molar-refractivity contribution in [3.05, 3.63) is 91.6 Å². The van der Waals surface area contributed by atoms with Crippen LogP contribution in [0.1, 0.15) is 11.1 Å². The fourth-order valence-electron chi connectivity index (χ4n) is 3.10. The van der Waals surface area contributed by atoms with Crippen molar-refractivity contribution in [3.63, 3.8) is 0 Å². The first kappa shape index (κ1) is 18.1. The van der Waals surface area contributed by atoms with Gasteiger partial charge in [-0.2, -0.15) is 4.98 Å². The second-order valence-corrected chi connectivity index (χ2v) is 6.85. The number of aromatic amines is 1. The van der Waals surface area contributed by atoms with Crippen LogP contribution in [0.25, 0.3) is 11.2 Å². The predicted molar refractivity (Wildman–Crippen MR) is 110 cm³/mol. The van der Waals surface area contributed by atoms with Crippen LogP contribution in [0.3, 0.4) is 0 Å². The molecule has 2 heterocycles. The molecule has 28 heavy (non-hydrogen) atoms. The number of hydrogen-bond acceptors (Lipinski definition) is 4. The van der Waals surface area contributed by atoms with Crippen molar-refractivity contribution in [2.24, 2.45) is 7.05 Å². The van der Waals surface area contributed by atoms with Crippen molar-refractivity contribution in [2.45, 2.75) is 13.1 Å². The van der Waals surface area contributed by atoms with E-state index in [1.165, 1.54) is 4.57 Å². The smallest absolute Gasteiger partial charge is 0.329 e. The maximum atomic E-state index is 12.5. The van der Waals surface area contributed by atoms with Gasteiger partial charge in [0.25, 0.3) is 5.56 Å². The summed E-state index contributed by atoms with van der Waals surface area (Å²) in [6.07, 6.45) is 0. The van der Waals surface area contributed by atoms with E-state index in [1.807, 2.05) is 48.5 Å².